The number of carbonyl (C=O) groups excluding carboxylic acids is 2. The third-order valence-electron chi connectivity index (χ3n) is 7.42. The first-order valence-corrected chi connectivity index (χ1v) is 12.8. The van der Waals surface area contributed by atoms with Crippen molar-refractivity contribution in [3.05, 3.63) is 137 Å². The Bertz CT molecular complexity index is 1530. The number of anilines is 2. The van der Waals surface area contributed by atoms with E-state index in [1.54, 1.807) is 7.11 Å². The fraction of sp³-hybridized carbons (Fsp3) is 0.152. The lowest BCUT2D eigenvalue weighted by molar-refractivity contribution is -0.116. The van der Waals surface area contributed by atoms with Crippen LogP contribution in [-0.4, -0.2) is 18.7 Å². The molecule has 0 saturated heterocycles. The van der Waals surface area contributed by atoms with Gasteiger partial charge < -0.3 is 15.4 Å². The lowest BCUT2D eigenvalue weighted by atomic mass is 9.78. The molecular formula is C33H28N2O3. The van der Waals surface area contributed by atoms with E-state index in [-0.39, 0.29) is 23.5 Å². The molecule has 188 valence electrons. The number of rotatable bonds is 5. The molecule has 0 spiro atoms. The number of hydrogen-bond acceptors (Lipinski definition) is 5. The summed E-state index contributed by atoms with van der Waals surface area (Å²) in [4.78, 5) is 27.0. The minimum absolute atomic E-state index is 0.0396. The number of benzene rings is 4. The fourth-order valence-corrected chi connectivity index (χ4v) is 5.45. The third-order valence-corrected chi connectivity index (χ3v) is 7.42. The predicted octanol–water partition coefficient (Wildman–Crippen LogP) is 6.91. The number of carbonyl (C=O) groups is 2. The summed E-state index contributed by atoms with van der Waals surface area (Å²) in [5, 5.41) is 7.19. The van der Waals surface area contributed by atoms with Gasteiger partial charge >= 0.3 is 0 Å². The van der Waals surface area contributed by atoms with Crippen molar-refractivity contribution in [1.82, 2.24) is 0 Å². The molecule has 1 aliphatic heterocycles. The van der Waals surface area contributed by atoms with Crippen LogP contribution in [0.15, 0.2) is 114 Å². The Hall–Kier alpha value is -4.64. The summed E-state index contributed by atoms with van der Waals surface area (Å²) in [7, 11) is 1.64. The van der Waals surface area contributed by atoms with Crippen molar-refractivity contribution in [2.45, 2.75) is 24.8 Å². The van der Waals surface area contributed by atoms with E-state index < -0.39 is 0 Å². The van der Waals surface area contributed by atoms with E-state index in [0.717, 1.165) is 39.5 Å². The Morgan fingerprint density at radius 1 is 0.763 bits per heavy atom. The van der Waals surface area contributed by atoms with Crippen LogP contribution in [0.25, 0.3) is 0 Å². The second-order valence-electron chi connectivity index (χ2n) is 9.76. The summed E-state index contributed by atoms with van der Waals surface area (Å²) in [6, 6.07) is 32.6. The first kappa shape index (κ1) is 23.7. The van der Waals surface area contributed by atoms with E-state index in [1.165, 1.54) is 0 Å². The molecule has 2 atom stereocenters. The molecule has 4 aromatic carbocycles. The van der Waals surface area contributed by atoms with E-state index >= 15 is 0 Å². The molecule has 38 heavy (non-hydrogen) atoms. The van der Waals surface area contributed by atoms with Crippen LogP contribution < -0.4 is 15.4 Å². The van der Waals surface area contributed by atoms with Gasteiger partial charge in [0.1, 0.15) is 5.75 Å². The fourth-order valence-electron chi connectivity index (χ4n) is 5.45. The summed E-state index contributed by atoms with van der Waals surface area (Å²) < 4.78 is 5.36. The summed E-state index contributed by atoms with van der Waals surface area (Å²) in [6.07, 6.45) is 1.16. The van der Waals surface area contributed by atoms with Crippen LogP contribution in [0.4, 0.5) is 11.4 Å². The van der Waals surface area contributed by atoms with Gasteiger partial charge in [-0.05, 0) is 53.8 Å². The van der Waals surface area contributed by atoms with E-state index in [9.17, 15) is 9.59 Å². The van der Waals surface area contributed by atoms with Crippen molar-refractivity contribution in [2.24, 2.45) is 0 Å². The normalized spacial score (nSPS) is 18.4. The number of ether oxygens (including phenoxy) is 1. The average molecular weight is 501 g/mol. The number of allylic oxidation sites excluding steroid dienone is 1. The van der Waals surface area contributed by atoms with Crippen LogP contribution in [0.2, 0.25) is 0 Å². The molecule has 0 aromatic heterocycles. The van der Waals surface area contributed by atoms with Crippen molar-refractivity contribution >= 4 is 22.9 Å². The van der Waals surface area contributed by atoms with Crippen molar-refractivity contribution in [1.29, 1.82) is 0 Å². The SMILES string of the molecule is COc1ccc([C@H]2Nc3ccc(C(=O)c4ccccc4)cc3NC3=C2C(=O)C[C@H](c2ccccc2)C3)cc1. The number of fused-ring (bicyclic) bond motifs is 1. The monoisotopic (exact) mass is 500 g/mol. The van der Waals surface area contributed by atoms with E-state index in [0.29, 0.717) is 24.0 Å². The van der Waals surface area contributed by atoms with Gasteiger partial charge in [-0.25, -0.2) is 0 Å². The smallest absolute Gasteiger partial charge is 0.193 e. The van der Waals surface area contributed by atoms with E-state index in [2.05, 4.69) is 22.8 Å². The maximum Gasteiger partial charge on any atom is 0.193 e. The number of Topliss-reactive ketones (excluding diaryl/α,β-unsaturated/α-hetero) is 1. The highest BCUT2D eigenvalue weighted by molar-refractivity contribution is 6.10. The van der Waals surface area contributed by atoms with Crippen LogP contribution in [0.3, 0.4) is 0 Å². The molecule has 5 nitrogen and oxygen atoms in total. The van der Waals surface area contributed by atoms with Gasteiger partial charge in [0, 0.05) is 28.8 Å². The Labute approximate surface area is 222 Å². The van der Waals surface area contributed by atoms with Gasteiger partial charge in [0.05, 0.1) is 24.5 Å². The largest absolute Gasteiger partial charge is 0.497 e. The first-order chi connectivity index (χ1) is 18.6. The standard InChI is InChI=1S/C33H28N2O3/c1-38-26-15-12-22(13-16-26)32-31-29(19-25(20-30(31)36)21-8-4-2-5-9-21)34-28-18-24(14-17-27(28)35-32)33(37)23-10-6-3-7-11-23/h2-18,25,32,34-35H,19-20H2,1H3/t25-,32-/m1/s1. The van der Waals surface area contributed by atoms with E-state index in [1.807, 2.05) is 91.0 Å². The highest BCUT2D eigenvalue weighted by atomic mass is 16.5. The number of nitrogens with one attached hydrogen (secondary N) is 2. The molecule has 5 heteroatoms. The van der Waals surface area contributed by atoms with Crippen LogP contribution in [0.1, 0.15) is 51.8 Å². The topological polar surface area (TPSA) is 67.4 Å². The number of methoxy groups -OCH3 is 1. The zero-order valence-electron chi connectivity index (χ0n) is 21.1. The van der Waals surface area contributed by atoms with Gasteiger partial charge in [0.2, 0.25) is 0 Å². The summed E-state index contributed by atoms with van der Waals surface area (Å²) in [5.41, 5.74) is 6.63. The quantitative estimate of drug-likeness (QED) is 0.292. The maximum atomic E-state index is 13.8. The van der Waals surface area contributed by atoms with Gasteiger partial charge in [0.25, 0.3) is 0 Å². The van der Waals surface area contributed by atoms with Crippen LogP contribution in [-0.2, 0) is 4.79 Å². The highest BCUT2D eigenvalue weighted by Gasteiger charge is 2.36. The molecule has 0 fully saturated rings. The molecule has 1 heterocycles. The van der Waals surface area contributed by atoms with Gasteiger partial charge in [-0.15, -0.1) is 0 Å². The van der Waals surface area contributed by atoms with Crippen LogP contribution in [0, 0.1) is 0 Å². The van der Waals surface area contributed by atoms with Gasteiger partial charge in [-0.2, -0.15) is 0 Å². The second kappa shape index (κ2) is 10.0. The van der Waals surface area contributed by atoms with Crippen LogP contribution in [0.5, 0.6) is 5.75 Å². The van der Waals surface area contributed by atoms with Crippen LogP contribution >= 0.6 is 0 Å². The molecule has 0 unspecified atom stereocenters. The van der Waals surface area contributed by atoms with E-state index in [4.69, 9.17) is 4.74 Å². The lowest BCUT2D eigenvalue weighted by Gasteiger charge is -2.30. The molecule has 1 aliphatic carbocycles. The first-order valence-electron chi connectivity index (χ1n) is 12.8. The summed E-state index contributed by atoms with van der Waals surface area (Å²) >= 11 is 0. The molecule has 4 aromatic rings. The zero-order valence-corrected chi connectivity index (χ0v) is 21.1. The third kappa shape index (κ3) is 4.48. The molecule has 6 rings (SSSR count). The Morgan fingerprint density at radius 3 is 2.18 bits per heavy atom. The van der Waals surface area contributed by atoms with Crippen molar-refractivity contribution < 1.29 is 14.3 Å². The maximum absolute atomic E-state index is 13.8. The zero-order chi connectivity index (χ0) is 26.1. The molecule has 0 saturated carbocycles. The van der Waals surface area contributed by atoms with Gasteiger partial charge in [-0.3, -0.25) is 9.59 Å². The summed E-state index contributed by atoms with van der Waals surface area (Å²) in [6.45, 7) is 0. The highest BCUT2D eigenvalue weighted by Crippen LogP contribution is 2.44. The van der Waals surface area contributed by atoms with Crippen molar-refractivity contribution in [3.63, 3.8) is 0 Å². The average Bonchev–Trinajstić information content (AvgIpc) is 3.14. The number of hydrogen-bond donors (Lipinski definition) is 2. The van der Waals surface area contributed by atoms with Crippen molar-refractivity contribution in [2.75, 3.05) is 17.7 Å². The molecule has 0 amide bonds. The summed E-state index contributed by atoms with van der Waals surface area (Å²) in [5.74, 6) is 0.928. The lowest BCUT2D eigenvalue weighted by Crippen LogP contribution is -2.26. The second-order valence-corrected chi connectivity index (χ2v) is 9.76. The van der Waals surface area contributed by atoms with Crippen molar-refractivity contribution in [3.8, 4) is 5.75 Å². The minimum atomic E-state index is -0.329. The molecule has 2 N–H and O–H groups in total. The predicted molar refractivity (Wildman–Crippen MR) is 150 cm³/mol. The van der Waals surface area contributed by atoms with Gasteiger partial charge in [0.15, 0.2) is 11.6 Å². The Balaban J connectivity index is 1.43. The Morgan fingerprint density at radius 2 is 1.47 bits per heavy atom. The molecule has 0 radical (unpaired) electrons. The number of ketones is 2. The minimum Gasteiger partial charge on any atom is -0.497 e. The molecule has 0 bridgehead atoms. The Kier molecular flexibility index (Phi) is 6.26. The molecule has 2 aliphatic rings. The van der Waals surface area contributed by atoms with Gasteiger partial charge in [-0.1, -0.05) is 72.8 Å². The molecular weight excluding hydrogens is 472 g/mol.